The molecular formula is C47H29N5O. The number of pyridine rings is 4. The third-order valence-electron chi connectivity index (χ3n) is 9.61. The van der Waals surface area contributed by atoms with Crippen molar-refractivity contribution in [3.8, 4) is 67.7 Å². The third kappa shape index (κ3) is 5.59. The van der Waals surface area contributed by atoms with Gasteiger partial charge in [-0.1, -0.05) is 97.1 Å². The maximum absolute atomic E-state index is 6.32. The highest BCUT2D eigenvalue weighted by Gasteiger charge is 2.18. The molecule has 0 amide bonds. The second-order valence-electron chi connectivity index (χ2n) is 12.9. The maximum atomic E-state index is 6.32. The van der Waals surface area contributed by atoms with Gasteiger partial charge < -0.3 is 4.42 Å². The van der Waals surface area contributed by atoms with Gasteiger partial charge >= 0.3 is 0 Å². The largest absolute Gasteiger partial charge is 0.436 e. The molecule has 5 heterocycles. The normalized spacial score (nSPS) is 11.4. The Balaban J connectivity index is 1.09. The van der Waals surface area contributed by atoms with Gasteiger partial charge in [0.1, 0.15) is 5.52 Å². The summed E-state index contributed by atoms with van der Waals surface area (Å²) in [4.78, 5) is 24.4. The fourth-order valence-electron chi connectivity index (χ4n) is 7.02. The second kappa shape index (κ2) is 12.8. The van der Waals surface area contributed by atoms with Crippen LogP contribution in [0.5, 0.6) is 0 Å². The van der Waals surface area contributed by atoms with Crippen molar-refractivity contribution in [2.75, 3.05) is 0 Å². The molecule has 5 aromatic carbocycles. The molecule has 10 aromatic rings. The number of oxazole rings is 1. The van der Waals surface area contributed by atoms with E-state index < -0.39 is 0 Å². The van der Waals surface area contributed by atoms with Crippen LogP contribution in [0.1, 0.15) is 0 Å². The SMILES string of the molecule is c1ccc(-c2nc3c(ccc4c(-c5ccccc5)nc5cc(-c6ccc(-c7cc(-c8ccccn8)nc(-c8ccccn8)c7)cc6)ccc5c43)o2)cc1. The highest BCUT2D eigenvalue weighted by molar-refractivity contribution is 6.21. The van der Waals surface area contributed by atoms with Crippen molar-refractivity contribution >= 4 is 32.8 Å². The number of fused-ring (bicyclic) bond motifs is 5. The van der Waals surface area contributed by atoms with Gasteiger partial charge in [0.25, 0.3) is 0 Å². The zero-order valence-corrected chi connectivity index (χ0v) is 28.4. The quantitative estimate of drug-likeness (QED) is 0.163. The Hall–Kier alpha value is -7.31. The summed E-state index contributed by atoms with van der Waals surface area (Å²) >= 11 is 0. The number of aromatic nitrogens is 5. The molecule has 0 unspecified atom stereocenters. The van der Waals surface area contributed by atoms with Gasteiger partial charge in [0, 0.05) is 39.7 Å². The maximum Gasteiger partial charge on any atom is 0.227 e. The summed E-state index contributed by atoms with van der Waals surface area (Å²) in [5.41, 5.74) is 12.9. The van der Waals surface area contributed by atoms with Gasteiger partial charge in [-0.25, -0.2) is 15.0 Å². The van der Waals surface area contributed by atoms with E-state index in [4.69, 9.17) is 19.4 Å². The summed E-state index contributed by atoms with van der Waals surface area (Å²) < 4.78 is 6.32. The topological polar surface area (TPSA) is 77.6 Å². The molecule has 5 aromatic heterocycles. The zero-order valence-electron chi connectivity index (χ0n) is 28.4. The lowest BCUT2D eigenvalue weighted by Crippen LogP contribution is -1.94. The summed E-state index contributed by atoms with van der Waals surface area (Å²) in [6.45, 7) is 0. The first-order valence-electron chi connectivity index (χ1n) is 17.5. The standard InChI is InChI=1S/C47H29N5O/c1-3-11-32(12-4-1)45-37-23-24-43-46(52-47(53-43)33-13-5-2-6-14-33)44(37)36-22-21-34(27-40(36)51-45)30-17-19-31(20-18-30)35-28-41(38-15-7-9-25-48-38)50-42(29-35)39-16-8-10-26-49-39/h1-29H. The van der Waals surface area contributed by atoms with Gasteiger partial charge in [0.15, 0.2) is 5.58 Å². The van der Waals surface area contributed by atoms with Gasteiger partial charge in [-0.2, -0.15) is 0 Å². The Kier molecular flexibility index (Phi) is 7.36. The van der Waals surface area contributed by atoms with Crippen molar-refractivity contribution in [2.24, 2.45) is 0 Å². The van der Waals surface area contributed by atoms with Crippen LogP contribution in [0, 0.1) is 0 Å². The monoisotopic (exact) mass is 679 g/mol. The van der Waals surface area contributed by atoms with Crippen LogP contribution < -0.4 is 0 Å². The number of nitrogens with zero attached hydrogens (tertiary/aromatic N) is 5. The van der Waals surface area contributed by atoms with E-state index in [2.05, 4.69) is 94.9 Å². The number of hydrogen-bond acceptors (Lipinski definition) is 6. The summed E-state index contributed by atoms with van der Waals surface area (Å²) in [5, 5.41) is 3.09. The first-order valence-corrected chi connectivity index (χ1v) is 17.5. The molecule has 0 fully saturated rings. The summed E-state index contributed by atoms with van der Waals surface area (Å²) in [5.74, 6) is 0.601. The Morgan fingerprint density at radius 2 is 0.962 bits per heavy atom. The van der Waals surface area contributed by atoms with E-state index in [1.54, 1.807) is 12.4 Å². The highest BCUT2D eigenvalue weighted by Crippen LogP contribution is 2.39. The molecular weight excluding hydrogens is 651 g/mol. The van der Waals surface area contributed by atoms with E-state index in [1.807, 2.05) is 78.9 Å². The van der Waals surface area contributed by atoms with Crippen molar-refractivity contribution in [3.63, 3.8) is 0 Å². The molecule has 6 heteroatoms. The minimum absolute atomic E-state index is 0.601. The predicted molar refractivity (Wildman–Crippen MR) is 213 cm³/mol. The van der Waals surface area contributed by atoms with Crippen LogP contribution in [0.2, 0.25) is 0 Å². The van der Waals surface area contributed by atoms with Crippen LogP contribution in [0.15, 0.2) is 181 Å². The first kappa shape index (κ1) is 30.5. The molecule has 248 valence electrons. The fourth-order valence-corrected chi connectivity index (χ4v) is 7.02. The predicted octanol–water partition coefficient (Wildman–Crippen LogP) is 11.7. The Labute approximate surface area is 305 Å². The van der Waals surface area contributed by atoms with Gasteiger partial charge in [0.2, 0.25) is 5.89 Å². The molecule has 6 nitrogen and oxygen atoms in total. The minimum atomic E-state index is 0.601. The number of benzene rings is 5. The molecule has 0 radical (unpaired) electrons. The van der Waals surface area contributed by atoms with E-state index in [-0.39, 0.29) is 0 Å². The van der Waals surface area contributed by atoms with E-state index in [9.17, 15) is 0 Å². The first-order chi connectivity index (χ1) is 26.2. The van der Waals surface area contributed by atoms with Gasteiger partial charge in [0.05, 0.1) is 34.0 Å². The fraction of sp³-hybridized carbons (Fsp3) is 0. The van der Waals surface area contributed by atoms with Crippen LogP contribution in [-0.2, 0) is 0 Å². The Bertz CT molecular complexity index is 2850. The smallest absolute Gasteiger partial charge is 0.227 e. The molecule has 0 spiro atoms. The van der Waals surface area contributed by atoms with E-state index >= 15 is 0 Å². The second-order valence-corrected chi connectivity index (χ2v) is 12.9. The van der Waals surface area contributed by atoms with Crippen molar-refractivity contribution in [2.45, 2.75) is 0 Å². The minimum Gasteiger partial charge on any atom is -0.436 e. The lowest BCUT2D eigenvalue weighted by Gasteiger charge is -2.12. The average Bonchev–Trinajstić information content (AvgIpc) is 3.69. The molecule has 0 atom stereocenters. The van der Waals surface area contributed by atoms with Crippen LogP contribution in [0.25, 0.3) is 101 Å². The van der Waals surface area contributed by atoms with Gasteiger partial charge in [-0.3, -0.25) is 9.97 Å². The van der Waals surface area contributed by atoms with Crippen molar-refractivity contribution in [3.05, 3.63) is 176 Å². The molecule has 0 aliphatic carbocycles. The Morgan fingerprint density at radius 1 is 0.377 bits per heavy atom. The summed E-state index contributed by atoms with van der Waals surface area (Å²) in [7, 11) is 0. The van der Waals surface area contributed by atoms with Crippen molar-refractivity contribution in [1.82, 2.24) is 24.9 Å². The average molecular weight is 680 g/mol. The molecule has 0 bridgehead atoms. The molecule has 0 saturated heterocycles. The van der Waals surface area contributed by atoms with Gasteiger partial charge in [-0.05, 0) is 89.0 Å². The lowest BCUT2D eigenvalue weighted by atomic mass is 9.95. The van der Waals surface area contributed by atoms with E-state index in [0.717, 1.165) is 94.6 Å². The van der Waals surface area contributed by atoms with Crippen LogP contribution >= 0.6 is 0 Å². The molecule has 53 heavy (non-hydrogen) atoms. The van der Waals surface area contributed by atoms with Crippen LogP contribution in [-0.4, -0.2) is 24.9 Å². The summed E-state index contributed by atoms with van der Waals surface area (Å²) in [6, 6.07) is 55.6. The van der Waals surface area contributed by atoms with Crippen LogP contribution in [0.3, 0.4) is 0 Å². The van der Waals surface area contributed by atoms with Gasteiger partial charge in [-0.15, -0.1) is 0 Å². The Morgan fingerprint density at radius 3 is 1.60 bits per heavy atom. The lowest BCUT2D eigenvalue weighted by molar-refractivity contribution is 0.620. The molecule has 10 rings (SSSR count). The molecule has 0 N–H and O–H groups in total. The number of rotatable bonds is 6. The molecule has 0 aliphatic heterocycles. The number of hydrogen-bond donors (Lipinski definition) is 0. The van der Waals surface area contributed by atoms with E-state index in [1.165, 1.54) is 0 Å². The summed E-state index contributed by atoms with van der Waals surface area (Å²) in [6.07, 6.45) is 3.58. The highest BCUT2D eigenvalue weighted by atomic mass is 16.3. The third-order valence-corrected chi connectivity index (χ3v) is 9.61. The van der Waals surface area contributed by atoms with Crippen molar-refractivity contribution in [1.29, 1.82) is 0 Å². The van der Waals surface area contributed by atoms with E-state index in [0.29, 0.717) is 5.89 Å². The zero-order chi connectivity index (χ0) is 35.1. The van der Waals surface area contributed by atoms with Crippen LogP contribution in [0.4, 0.5) is 0 Å². The van der Waals surface area contributed by atoms with Crippen molar-refractivity contribution < 1.29 is 4.42 Å². The molecule has 0 saturated carbocycles. The molecule has 0 aliphatic rings.